The Hall–Kier alpha value is -0.650. The van der Waals surface area contributed by atoms with Gasteiger partial charge in [0.25, 0.3) is 0 Å². The van der Waals surface area contributed by atoms with E-state index in [1.54, 1.807) is 0 Å². The zero-order valence-corrected chi connectivity index (χ0v) is 17.9. The van der Waals surface area contributed by atoms with E-state index in [0.29, 0.717) is 0 Å². The molecular weight excluding hydrogens is 375 g/mol. The van der Waals surface area contributed by atoms with Crippen LogP contribution in [0.5, 0.6) is 0 Å². The van der Waals surface area contributed by atoms with Crippen LogP contribution in [0.15, 0.2) is 48.5 Å². The molecule has 2 aromatic carbocycles. The summed E-state index contributed by atoms with van der Waals surface area (Å²) < 4.78 is 0. The predicted molar refractivity (Wildman–Crippen MR) is 115 cm³/mol. The Bertz CT molecular complexity index is 675. The van der Waals surface area contributed by atoms with Gasteiger partial charge in [-0.1, -0.05) is 0 Å². The van der Waals surface area contributed by atoms with E-state index < -0.39 is 5.31 Å². The number of rotatable bonds is 4. The fraction of sp³-hybridized carbons (Fsp3) is 0.455. The fourth-order valence-electron chi connectivity index (χ4n) is 4.58. The molecule has 3 rings (SSSR count). The van der Waals surface area contributed by atoms with Crippen molar-refractivity contribution < 1.29 is 0 Å². The first-order valence-corrected chi connectivity index (χ1v) is 14.1. The number of hydrogen-bond acceptors (Lipinski definition) is 0. The molecular formula is C22H30BrP. The summed E-state index contributed by atoms with van der Waals surface area (Å²) in [7, 11) is 0. The van der Waals surface area contributed by atoms with E-state index in [1.165, 1.54) is 47.4 Å². The van der Waals surface area contributed by atoms with Crippen molar-refractivity contribution in [1.29, 1.82) is 0 Å². The van der Waals surface area contributed by atoms with Crippen LogP contribution in [0.25, 0.3) is 11.1 Å². The average Bonchev–Trinajstić information content (AvgIpc) is 2.73. The minimum atomic E-state index is -2.13. The zero-order valence-electron chi connectivity index (χ0n) is 15.4. The van der Waals surface area contributed by atoms with Gasteiger partial charge in [-0.3, -0.25) is 0 Å². The van der Waals surface area contributed by atoms with Gasteiger partial charge in [0.05, 0.1) is 0 Å². The second-order valence-corrected chi connectivity index (χ2v) is 18.6. The van der Waals surface area contributed by atoms with Crippen molar-refractivity contribution in [2.24, 2.45) is 0 Å². The van der Waals surface area contributed by atoms with Crippen molar-refractivity contribution in [2.45, 2.75) is 64.2 Å². The topological polar surface area (TPSA) is 0 Å². The second kappa shape index (κ2) is 6.58. The first-order chi connectivity index (χ1) is 11.4. The SMILES string of the molecule is CCC(C)P1(Br)(C(C)CC)Cc2ccccc2-c2ccccc2C1. The number of fused-ring (bicyclic) bond motifs is 3. The maximum atomic E-state index is 4.58. The molecule has 0 bridgehead atoms. The van der Waals surface area contributed by atoms with Crippen LogP contribution in [0.3, 0.4) is 0 Å². The van der Waals surface area contributed by atoms with E-state index >= 15 is 0 Å². The van der Waals surface area contributed by atoms with Crippen LogP contribution in [-0.2, 0) is 12.3 Å². The minimum absolute atomic E-state index is 0.727. The summed E-state index contributed by atoms with van der Waals surface area (Å²) in [4.78, 5) is 0. The van der Waals surface area contributed by atoms with Gasteiger partial charge in [0.2, 0.25) is 0 Å². The Labute approximate surface area is 155 Å². The zero-order chi connectivity index (χ0) is 17.4. The maximum absolute atomic E-state index is 4.58. The van der Waals surface area contributed by atoms with Crippen molar-refractivity contribution in [3.05, 3.63) is 59.7 Å². The summed E-state index contributed by atoms with van der Waals surface area (Å²) in [5.74, 6) is 0. The molecule has 0 spiro atoms. The summed E-state index contributed by atoms with van der Waals surface area (Å²) >= 11 is 4.58. The standard InChI is InChI=1S/C22H30BrP/c1-5-17(3)24(23,18(4)6-2)15-19-11-7-9-13-21(19)22-14-10-8-12-20(22)16-24/h7-14,17-18H,5-6,15-16H2,1-4H3. The van der Waals surface area contributed by atoms with Gasteiger partial charge in [-0.2, -0.15) is 0 Å². The quantitative estimate of drug-likeness (QED) is 0.455. The first kappa shape index (κ1) is 18.2. The van der Waals surface area contributed by atoms with Gasteiger partial charge in [-0.05, 0) is 0 Å². The van der Waals surface area contributed by atoms with Crippen molar-refractivity contribution >= 4 is 20.8 Å². The predicted octanol–water partition coefficient (Wildman–Crippen LogP) is 7.83. The third kappa shape index (κ3) is 2.69. The van der Waals surface area contributed by atoms with Gasteiger partial charge in [0.1, 0.15) is 0 Å². The molecule has 2 heteroatoms. The van der Waals surface area contributed by atoms with Gasteiger partial charge in [-0.25, -0.2) is 0 Å². The number of hydrogen-bond donors (Lipinski definition) is 0. The van der Waals surface area contributed by atoms with E-state index in [-0.39, 0.29) is 0 Å². The molecule has 0 saturated carbocycles. The van der Waals surface area contributed by atoms with Crippen molar-refractivity contribution in [3.63, 3.8) is 0 Å². The van der Waals surface area contributed by atoms with Crippen LogP contribution in [-0.4, -0.2) is 11.3 Å². The number of benzene rings is 2. The van der Waals surface area contributed by atoms with Gasteiger partial charge in [-0.15, -0.1) is 0 Å². The van der Waals surface area contributed by atoms with Crippen molar-refractivity contribution in [3.8, 4) is 11.1 Å². The van der Waals surface area contributed by atoms with Gasteiger partial charge in [0, 0.05) is 0 Å². The van der Waals surface area contributed by atoms with Crippen LogP contribution in [0.2, 0.25) is 0 Å². The molecule has 24 heavy (non-hydrogen) atoms. The molecule has 0 nitrogen and oxygen atoms in total. The Morgan fingerprint density at radius 1 is 0.792 bits per heavy atom. The van der Waals surface area contributed by atoms with Gasteiger partial charge < -0.3 is 0 Å². The van der Waals surface area contributed by atoms with Crippen LogP contribution < -0.4 is 0 Å². The van der Waals surface area contributed by atoms with E-state index in [9.17, 15) is 0 Å². The summed E-state index contributed by atoms with van der Waals surface area (Å²) in [5, 5.41) is -2.13. The first-order valence-electron chi connectivity index (χ1n) is 9.32. The van der Waals surface area contributed by atoms with Crippen LogP contribution in [0, 0.1) is 0 Å². The Balaban J connectivity index is 2.32. The average molecular weight is 405 g/mol. The third-order valence-electron chi connectivity index (χ3n) is 6.64. The molecule has 0 radical (unpaired) electrons. The van der Waals surface area contributed by atoms with Gasteiger partial charge >= 0.3 is 156 Å². The Morgan fingerprint density at radius 3 is 1.54 bits per heavy atom. The Morgan fingerprint density at radius 2 is 1.17 bits per heavy atom. The summed E-state index contributed by atoms with van der Waals surface area (Å²) in [5.41, 5.74) is 7.43. The van der Waals surface area contributed by atoms with Gasteiger partial charge in [0.15, 0.2) is 0 Å². The van der Waals surface area contributed by atoms with Crippen LogP contribution in [0.4, 0.5) is 0 Å². The van der Waals surface area contributed by atoms with E-state index in [0.717, 1.165) is 11.3 Å². The molecule has 0 aromatic heterocycles. The molecule has 130 valence electrons. The molecule has 0 aliphatic carbocycles. The summed E-state index contributed by atoms with van der Waals surface area (Å²) in [6, 6.07) is 18.2. The Kier molecular flexibility index (Phi) is 4.98. The summed E-state index contributed by atoms with van der Waals surface area (Å²) in [6.07, 6.45) is 4.94. The normalized spacial score (nSPS) is 22.1. The molecule has 2 unspecified atom stereocenters. The van der Waals surface area contributed by atoms with Crippen molar-refractivity contribution in [1.82, 2.24) is 0 Å². The molecule has 1 aliphatic rings. The van der Waals surface area contributed by atoms with E-state index in [4.69, 9.17) is 0 Å². The van der Waals surface area contributed by atoms with E-state index in [2.05, 4.69) is 91.7 Å². The monoisotopic (exact) mass is 404 g/mol. The fourth-order valence-corrected chi connectivity index (χ4v) is 14.0. The molecule has 0 fully saturated rings. The van der Waals surface area contributed by atoms with Crippen LogP contribution in [0.1, 0.15) is 51.7 Å². The van der Waals surface area contributed by atoms with E-state index in [1.807, 2.05) is 0 Å². The second-order valence-electron chi connectivity index (χ2n) is 7.68. The van der Waals surface area contributed by atoms with Crippen LogP contribution >= 0.6 is 20.8 Å². The number of halogens is 1. The van der Waals surface area contributed by atoms with Crippen molar-refractivity contribution in [2.75, 3.05) is 0 Å². The molecule has 1 heterocycles. The molecule has 2 aromatic rings. The molecule has 0 saturated heterocycles. The third-order valence-corrected chi connectivity index (χ3v) is 19.3. The molecule has 2 atom stereocenters. The summed E-state index contributed by atoms with van der Waals surface area (Å²) in [6.45, 7) is 9.72. The molecule has 1 aliphatic heterocycles. The molecule has 0 N–H and O–H groups in total. The molecule has 0 amide bonds.